The van der Waals surface area contributed by atoms with Crippen LogP contribution < -0.4 is 9.99 Å². The Morgan fingerprint density at radius 2 is 2.06 bits per heavy atom. The van der Waals surface area contributed by atoms with Crippen molar-refractivity contribution in [1.29, 1.82) is 0 Å². The van der Waals surface area contributed by atoms with Gasteiger partial charge in [-0.15, -0.1) is 10.1 Å². The van der Waals surface area contributed by atoms with Crippen LogP contribution in [-0.2, 0) is 0 Å². The summed E-state index contributed by atoms with van der Waals surface area (Å²) in [5.41, 5.74) is 0.562. The number of aromatic nitrogens is 2. The van der Waals surface area contributed by atoms with E-state index in [0.29, 0.717) is 10.4 Å². The monoisotopic (exact) mass is 272 g/mol. The second kappa shape index (κ2) is 5.76. The third-order valence-corrected chi connectivity index (χ3v) is 3.52. The molecule has 0 fully saturated rings. The molecule has 0 radical (unpaired) electrons. The number of hydrogen-bond acceptors (Lipinski definition) is 3. The van der Waals surface area contributed by atoms with E-state index >= 15 is 0 Å². The largest absolute Gasteiger partial charge is 0.481 e. The number of amides is 3. The van der Waals surface area contributed by atoms with E-state index in [1.54, 1.807) is 21.0 Å². The molecule has 1 atom stereocenters. The summed E-state index contributed by atoms with van der Waals surface area (Å²) in [6.45, 7) is 5.45. The summed E-state index contributed by atoms with van der Waals surface area (Å²) in [7, 11) is 2.21. The molecule has 1 heterocycles. The first-order chi connectivity index (χ1) is 8.32. The van der Waals surface area contributed by atoms with Gasteiger partial charge in [0.25, 0.3) is 0 Å². The molecule has 1 aromatic heterocycles. The summed E-state index contributed by atoms with van der Waals surface area (Å²) in [6, 6.07) is -0.378. The number of carbonyl (C=O) groups is 2. The molecule has 1 unspecified atom stereocenters. The van der Waals surface area contributed by atoms with E-state index in [1.807, 2.05) is 13.8 Å². The second-order valence-electron chi connectivity index (χ2n) is 4.28. The molecular weight excluding hydrogens is 254 g/mol. The minimum Gasteiger partial charge on any atom is -0.329 e. The Morgan fingerprint density at radius 1 is 1.44 bits per heavy atom. The number of aromatic amines is 1. The van der Waals surface area contributed by atoms with E-state index in [4.69, 9.17) is 0 Å². The zero-order valence-electron chi connectivity index (χ0n) is 11.1. The van der Waals surface area contributed by atoms with Crippen LogP contribution in [-0.4, -0.2) is 45.9 Å². The van der Waals surface area contributed by atoms with Crippen molar-refractivity contribution in [3.63, 3.8) is 0 Å². The van der Waals surface area contributed by atoms with Crippen LogP contribution in [0.3, 0.4) is 0 Å². The normalized spacial score (nSPS) is 12.8. The average Bonchev–Trinajstić information content (AvgIpc) is 2.59. The SMILES string of the molecule is Cc1n[nH][s+](C(=O)NC(C)C)c1=NC(=O)N(C)C. The van der Waals surface area contributed by atoms with Gasteiger partial charge in [0.15, 0.2) is 0 Å². The van der Waals surface area contributed by atoms with Crippen LogP contribution >= 0.6 is 10.7 Å². The van der Waals surface area contributed by atoms with Gasteiger partial charge in [-0.3, -0.25) is 0 Å². The van der Waals surface area contributed by atoms with Crippen LogP contribution in [0.15, 0.2) is 4.99 Å². The Kier molecular flexibility index (Phi) is 4.60. The Hall–Kier alpha value is -1.70. The molecule has 0 aliphatic heterocycles. The lowest BCUT2D eigenvalue weighted by Gasteiger charge is -2.02. The molecule has 7 nitrogen and oxygen atoms in total. The number of nitrogens with one attached hydrogen (secondary N) is 2. The fraction of sp³-hybridized carbons (Fsp3) is 0.600. The highest BCUT2D eigenvalue weighted by Crippen LogP contribution is 2.07. The van der Waals surface area contributed by atoms with Gasteiger partial charge in [-0.1, -0.05) is 4.49 Å². The molecule has 0 saturated carbocycles. The smallest absolute Gasteiger partial charge is 0.329 e. The van der Waals surface area contributed by atoms with Crippen molar-refractivity contribution in [3.05, 3.63) is 10.4 Å². The quantitative estimate of drug-likeness (QED) is 0.787. The standard InChI is InChI=1S/C10H17N5O2S/c1-6(2)11-10(17)18-8(7(3)13-14-18)12-9(16)15(4)5/h6H,1-5H3,(H-,11,12,14,16,17)/p+1. The number of H-pyrrole nitrogens is 1. The molecule has 100 valence electrons. The summed E-state index contributed by atoms with van der Waals surface area (Å²) in [6.07, 6.45) is 0. The van der Waals surface area contributed by atoms with Crippen LogP contribution in [0.1, 0.15) is 19.5 Å². The number of nitrogens with zero attached hydrogens (tertiary/aromatic N) is 3. The summed E-state index contributed by atoms with van der Waals surface area (Å²) < 4.78 is 3.10. The Morgan fingerprint density at radius 3 is 2.56 bits per heavy atom. The third kappa shape index (κ3) is 3.39. The summed E-state index contributed by atoms with van der Waals surface area (Å²) in [5, 5.41) is 6.51. The van der Waals surface area contributed by atoms with Gasteiger partial charge in [-0.25, -0.2) is 9.59 Å². The molecule has 0 aliphatic rings. The average molecular weight is 272 g/mol. The maximum Gasteiger partial charge on any atom is 0.481 e. The van der Waals surface area contributed by atoms with Crippen molar-refractivity contribution in [1.82, 2.24) is 19.8 Å². The van der Waals surface area contributed by atoms with Gasteiger partial charge >= 0.3 is 15.9 Å². The molecule has 0 bridgehead atoms. The lowest BCUT2D eigenvalue weighted by molar-refractivity contribution is 0.226. The first-order valence-corrected chi connectivity index (χ1v) is 6.70. The van der Waals surface area contributed by atoms with Crippen LogP contribution in [0.2, 0.25) is 0 Å². The second-order valence-corrected chi connectivity index (χ2v) is 5.83. The number of aryl methyl sites for hydroxylation is 1. The minimum absolute atomic E-state index is 0.0264. The molecule has 18 heavy (non-hydrogen) atoms. The lowest BCUT2D eigenvalue weighted by atomic mass is 10.4. The predicted octanol–water partition coefficient (Wildman–Crippen LogP) is 1.02. The van der Waals surface area contributed by atoms with Crippen LogP contribution in [0, 0.1) is 6.92 Å². The maximum atomic E-state index is 11.9. The summed E-state index contributed by atoms with van der Waals surface area (Å²) in [5.74, 6) is 0. The highest BCUT2D eigenvalue weighted by atomic mass is 32.2. The Balaban J connectivity index is 3.17. The van der Waals surface area contributed by atoms with Gasteiger partial charge in [-0.2, -0.15) is 0 Å². The summed E-state index contributed by atoms with van der Waals surface area (Å²) in [4.78, 5) is 28.8. The van der Waals surface area contributed by atoms with Crippen molar-refractivity contribution in [2.45, 2.75) is 26.8 Å². The van der Waals surface area contributed by atoms with Crippen LogP contribution in [0.5, 0.6) is 0 Å². The molecule has 0 aromatic carbocycles. The molecule has 1 rings (SSSR count). The van der Waals surface area contributed by atoms with Crippen LogP contribution in [0.25, 0.3) is 0 Å². The van der Waals surface area contributed by atoms with E-state index in [0.717, 1.165) is 0 Å². The molecule has 0 saturated heterocycles. The van der Waals surface area contributed by atoms with Gasteiger partial charge < -0.3 is 10.2 Å². The molecule has 0 spiro atoms. The van der Waals surface area contributed by atoms with Crippen molar-refractivity contribution in [2.24, 2.45) is 4.99 Å². The third-order valence-electron chi connectivity index (χ3n) is 1.98. The zero-order valence-corrected chi connectivity index (χ0v) is 12.0. The molecule has 1 aromatic rings. The number of carbonyl (C=O) groups excluding carboxylic acids is 2. The van der Waals surface area contributed by atoms with Gasteiger partial charge in [0, 0.05) is 20.1 Å². The van der Waals surface area contributed by atoms with Gasteiger partial charge in [-0.05, 0) is 20.8 Å². The first-order valence-electron chi connectivity index (χ1n) is 5.48. The van der Waals surface area contributed by atoms with E-state index in [-0.39, 0.29) is 11.3 Å². The Bertz CT molecular complexity index is 515. The molecule has 8 heteroatoms. The fourth-order valence-corrected chi connectivity index (χ4v) is 2.53. The minimum atomic E-state index is -0.999. The van der Waals surface area contributed by atoms with Gasteiger partial charge in [0.1, 0.15) is 5.69 Å². The zero-order chi connectivity index (χ0) is 13.9. The number of rotatable bonds is 2. The molecule has 0 aliphatic carbocycles. The van der Waals surface area contributed by atoms with Crippen molar-refractivity contribution in [2.75, 3.05) is 14.1 Å². The van der Waals surface area contributed by atoms with E-state index < -0.39 is 16.7 Å². The predicted molar refractivity (Wildman–Crippen MR) is 69.5 cm³/mol. The Labute approximate surface area is 108 Å². The lowest BCUT2D eigenvalue weighted by Crippen LogP contribution is -2.29. The van der Waals surface area contributed by atoms with Crippen molar-refractivity contribution in [3.8, 4) is 0 Å². The summed E-state index contributed by atoms with van der Waals surface area (Å²) >= 11 is 0. The number of urea groups is 1. The highest BCUT2D eigenvalue weighted by molar-refractivity contribution is 7.45. The highest BCUT2D eigenvalue weighted by Gasteiger charge is 2.26. The molecule has 2 N–H and O–H groups in total. The number of hydrogen-bond donors (Lipinski definition) is 2. The fourth-order valence-electron chi connectivity index (χ4n) is 1.09. The van der Waals surface area contributed by atoms with E-state index in [2.05, 4.69) is 19.9 Å². The topological polar surface area (TPSA) is 90.5 Å². The van der Waals surface area contributed by atoms with E-state index in [9.17, 15) is 9.59 Å². The molecule has 3 amide bonds. The van der Waals surface area contributed by atoms with Crippen molar-refractivity contribution < 1.29 is 9.59 Å². The maximum absolute atomic E-state index is 11.9. The van der Waals surface area contributed by atoms with Gasteiger partial charge in [0.2, 0.25) is 10.7 Å². The van der Waals surface area contributed by atoms with Crippen molar-refractivity contribution >= 4 is 21.9 Å². The molecular formula is C10H18N5O2S+. The van der Waals surface area contributed by atoms with Crippen LogP contribution in [0.4, 0.5) is 9.59 Å². The van der Waals surface area contributed by atoms with Gasteiger partial charge in [0.05, 0.1) is 0 Å². The first kappa shape index (κ1) is 14.4. The van der Waals surface area contributed by atoms with E-state index in [1.165, 1.54) is 4.90 Å².